The lowest BCUT2D eigenvalue weighted by atomic mass is 9.77. The third-order valence-electron chi connectivity index (χ3n) is 6.49. The van der Waals surface area contributed by atoms with Gasteiger partial charge in [-0.2, -0.15) is 8.78 Å². The minimum atomic E-state index is -5.27. The van der Waals surface area contributed by atoms with Crippen molar-refractivity contribution in [3.05, 3.63) is 76.9 Å². The number of halogens is 7. The van der Waals surface area contributed by atoms with E-state index in [4.69, 9.17) is 0 Å². The molecule has 0 N–H and O–H groups in total. The molecule has 1 fully saturated rings. The summed E-state index contributed by atoms with van der Waals surface area (Å²) in [7, 11) is 0. The Bertz CT molecular complexity index is 985. The van der Waals surface area contributed by atoms with Crippen molar-refractivity contribution in [2.45, 2.75) is 70.3 Å². The SMILES string of the molecule is CC=CCCC1CCC(c2ccc(C(F)(F)OCCc3cc(F)c(OC(F)(F)F)c(F)c3)cc2)CC1. The molecule has 0 saturated heterocycles. The van der Waals surface area contributed by atoms with Gasteiger partial charge in [-0.05, 0) is 87.0 Å². The second-order valence-corrected chi connectivity index (χ2v) is 9.04. The van der Waals surface area contributed by atoms with Gasteiger partial charge in [-0.3, -0.25) is 0 Å². The van der Waals surface area contributed by atoms with Crippen LogP contribution in [0.4, 0.5) is 30.7 Å². The van der Waals surface area contributed by atoms with Gasteiger partial charge in [0.2, 0.25) is 5.75 Å². The van der Waals surface area contributed by atoms with Crippen LogP contribution < -0.4 is 4.74 Å². The van der Waals surface area contributed by atoms with Crippen LogP contribution in [0, 0.1) is 17.6 Å². The van der Waals surface area contributed by atoms with E-state index in [2.05, 4.69) is 21.6 Å². The molecule has 3 rings (SSSR count). The molecule has 0 heterocycles. The molecule has 0 bridgehead atoms. The summed E-state index contributed by atoms with van der Waals surface area (Å²) in [5.41, 5.74) is 0.512. The van der Waals surface area contributed by atoms with E-state index < -0.39 is 36.5 Å². The van der Waals surface area contributed by atoms with Crippen molar-refractivity contribution >= 4 is 0 Å². The molecular formula is C27H29F7O2. The summed E-state index contributed by atoms with van der Waals surface area (Å²) in [4.78, 5) is 0. The normalized spacial score (nSPS) is 19.1. The van der Waals surface area contributed by atoms with Crippen LogP contribution in [0.2, 0.25) is 0 Å². The third kappa shape index (κ3) is 7.98. The lowest BCUT2D eigenvalue weighted by Crippen LogP contribution is -2.20. The average molecular weight is 519 g/mol. The Morgan fingerprint density at radius 2 is 1.53 bits per heavy atom. The number of rotatable bonds is 10. The minimum Gasteiger partial charge on any atom is -0.399 e. The van der Waals surface area contributed by atoms with Gasteiger partial charge in [0, 0.05) is 0 Å². The second-order valence-electron chi connectivity index (χ2n) is 9.04. The smallest absolute Gasteiger partial charge is 0.399 e. The van der Waals surface area contributed by atoms with Gasteiger partial charge < -0.3 is 9.47 Å². The first-order valence-corrected chi connectivity index (χ1v) is 12.0. The van der Waals surface area contributed by atoms with Gasteiger partial charge in [-0.25, -0.2) is 8.78 Å². The lowest BCUT2D eigenvalue weighted by Gasteiger charge is -2.29. The molecule has 0 amide bonds. The highest BCUT2D eigenvalue weighted by molar-refractivity contribution is 5.32. The van der Waals surface area contributed by atoms with Gasteiger partial charge in [-0.15, -0.1) is 13.2 Å². The first kappa shape index (κ1) is 28.0. The van der Waals surface area contributed by atoms with Crippen molar-refractivity contribution in [3.63, 3.8) is 0 Å². The average Bonchev–Trinajstić information content (AvgIpc) is 2.81. The molecule has 2 aromatic rings. The number of hydrogen-bond acceptors (Lipinski definition) is 2. The number of hydrogen-bond donors (Lipinski definition) is 0. The molecule has 0 atom stereocenters. The summed E-state index contributed by atoms with van der Waals surface area (Å²) in [6, 6.07) is 7.18. The van der Waals surface area contributed by atoms with Crippen LogP contribution >= 0.6 is 0 Å². The topological polar surface area (TPSA) is 18.5 Å². The van der Waals surface area contributed by atoms with E-state index in [0.29, 0.717) is 24.0 Å². The molecule has 1 aliphatic carbocycles. The molecule has 0 spiro atoms. The summed E-state index contributed by atoms with van der Waals surface area (Å²) in [5, 5.41) is 0. The van der Waals surface area contributed by atoms with Crippen LogP contribution in [0.25, 0.3) is 0 Å². The fraction of sp³-hybridized carbons (Fsp3) is 0.481. The first-order valence-electron chi connectivity index (χ1n) is 12.0. The van der Waals surface area contributed by atoms with Gasteiger partial charge in [0.15, 0.2) is 11.6 Å². The van der Waals surface area contributed by atoms with Gasteiger partial charge in [0.05, 0.1) is 12.2 Å². The van der Waals surface area contributed by atoms with Crippen molar-refractivity contribution in [1.29, 1.82) is 0 Å². The fourth-order valence-electron chi connectivity index (χ4n) is 4.58. The van der Waals surface area contributed by atoms with E-state index >= 15 is 0 Å². The quantitative estimate of drug-likeness (QED) is 0.231. The highest BCUT2D eigenvalue weighted by Gasteiger charge is 2.35. The van der Waals surface area contributed by atoms with E-state index in [9.17, 15) is 30.7 Å². The highest BCUT2D eigenvalue weighted by atomic mass is 19.4. The Kier molecular flexibility index (Phi) is 9.44. The van der Waals surface area contributed by atoms with Crippen molar-refractivity contribution in [1.82, 2.24) is 0 Å². The van der Waals surface area contributed by atoms with Crippen LogP contribution in [-0.2, 0) is 17.3 Å². The van der Waals surface area contributed by atoms with Crippen LogP contribution in [0.5, 0.6) is 5.75 Å². The third-order valence-corrected chi connectivity index (χ3v) is 6.49. The summed E-state index contributed by atoms with van der Waals surface area (Å²) in [6.07, 6.45) is 1.51. The maximum absolute atomic E-state index is 14.5. The Labute approximate surface area is 206 Å². The van der Waals surface area contributed by atoms with Crippen molar-refractivity contribution in [2.75, 3.05) is 6.61 Å². The van der Waals surface area contributed by atoms with Crippen molar-refractivity contribution in [2.24, 2.45) is 5.92 Å². The molecule has 9 heteroatoms. The van der Waals surface area contributed by atoms with E-state index in [1.54, 1.807) is 12.1 Å². The predicted molar refractivity (Wildman–Crippen MR) is 122 cm³/mol. The van der Waals surface area contributed by atoms with Crippen LogP contribution in [0.15, 0.2) is 48.6 Å². The summed E-state index contributed by atoms with van der Waals surface area (Å²) in [5.74, 6) is -3.74. The van der Waals surface area contributed by atoms with Crippen LogP contribution in [0.3, 0.4) is 0 Å². The molecule has 36 heavy (non-hydrogen) atoms. The van der Waals surface area contributed by atoms with Crippen LogP contribution in [-0.4, -0.2) is 13.0 Å². The maximum Gasteiger partial charge on any atom is 0.573 e. The first-order chi connectivity index (χ1) is 17.0. The zero-order valence-electron chi connectivity index (χ0n) is 19.9. The monoisotopic (exact) mass is 518 g/mol. The minimum absolute atomic E-state index is 0.146. The summed E-state index contributed by atoms with van der Waals surface area (Å²) < 4.78 is 101. The molecule has 0 aliphatic heterocycles. The Hall–Kier alpha value is -2.55. The Morgan fingerprint density at radius 1 is 0.917 bits per heavy atom. The zero-order valence-corrected chi connectivity index (χ0v) is 19.9. The fourth-order valence-corrected chi connectivity index (χ4v) is 4.58. The molecule has 198 valence electrons. The number of alkyl halides is 5. The molecule has 2 nitrogen and oxygen atoms in total. The highest BCUT2D eigenvalue weighted by Crippen LogP contribution is 2.39. The second kappa shape index (κ2) is 12.1. The molecule has 0 unspecified atom stereocenters. The van der Waals surface area contributed by atoms with E-state index in [-0.39, 0.29) is 17.5 Å². The largest absolute Gasteiger partial charge is 0.573 e. The lowest BCUT2D eigenvalue weighted by molar-refractivity contribution is -0.276. The van der Waals surface area contributed by atoms with Crippen LogP contribution in [0.1, 0.15) is 68.1 Å². The Morgan fingerprint density at radius 3 is 2.08 bits per heavy atom. The number of ether oxygens (including phenoxy) is 2. The van der Waals surface area contributed by atoms with E-state index in [0.717, 1.165) is 37.7 Å². The molecule has 2 aromatic carbocycles. The molecular weight excluding hydrogens is 489 g/mol. The summed E-state index contributed by atoms with van der Waals surface area (Å²) in [6.45, 7) is 1.40. The van der Waals surface area contributed by atoms with E-state index in [1.807, 2.05) is 6.92 Å². The van der Waals surface area contributed by atoms with Gasteiger partial charge in [0.25, 0.3) is 0 Å². The zero-order chi connectivity index (χ0) is 26.3. The van der Waals surface area contributed by atoms with Crippen molar-refractivity contribution in [3.8, 4) is 5.75 Å². The summed E-state index contributed by atoms with van der Waals surface area (Å²) >= 11 is 0. The molecule has 1 saturated carbocycles. The number of benzene rings is 2. The number of allylic oxidation sites excluding steroid dienone is 2. The van der Waals surface area contributed by atoms with Crippen molar-refractivity contribution < 1.29 is 40.2 Å². The molecule has 0 radical (unpaired) electrons. The Balaban J connectivity index is 1.52. The predicted octanol–water partition coefficient (Wildman–Crippen LogP) is 8.80. The standard InChI is InChI=1S/C27H29F7O2/c1-2-3-4-5-18-6-8-20(9-7-18)21-10-12-22(13-11-21)26(30,31)35-15-14-19-16-23(28)25(24(29)17-19)36-27(32,33)34/h2-3,10-13,16-18,20H,4-9,14-15H2,1H3. The molecule has 0 aromatic heterocycles. The van der Waals surface area contributed by atoms with Gasteiger partial charge in [-0.1, -0.05) is 36.4 Å². The van der Waals surface area contributed by atoms with Gasteiger partial charge in [0.1, 0.15) is 0 Å². The van der Waals surface area contributed by atoms with Gasteiger partial charge >= 0.3 is 12.5 Å². The molecule has 1 aliphatic rings. The maximum atomic E-state index is 14.5. The van der Waals surface area contributed by atoms with E-state index in [1.165, 1.54) is 18.6 Å².